The van der Waals surface area contributed by atoms with Gasteiger partial charge in [-0.3, -0.25) is 0 Å². The van der Waals surface area contributed by atoms with E-state index in [2.05, 4.69) is 0 Å². The average Bonchev–Trinajstić information content (AvgIpc) is 2.49. The van der Waals surface area contributed by atoms with E-state index < -0.39 is 9.84 Å². The standard InChI is InChI=1S/C17H18O3S/c1-13-9-11-16(12-10-13)21(18,19)14(2)17(20-3)15-7-5-4-6-8-15/h4-12H,1-3H3/b17-14+. The monoisotopic (exact) mass is 302 g/mol. The van der Waals surface area contributed by atoms with Crippen molar-refractivity contribution in [2.75, 3.05) is 7.11 Å². The van der Waals surface area contributed by atoms with Gasteiger partial charge in [0.05, 0.1) is 16.9 Å². The zero-order chi connectivity index (χ0) is 15.5. The first-order valence-electron chi connectivity index (χ1n) is 6.59. The van der Waals surface area contributed by atoms with E-state index in [-0.39, 0.29) is 9.80 Å². The third kappa shape index (κ3) is 3.16. The lowest BCUT2D eigenvalue weighted by atomic mass is 10.2. The van der Waals surface area contributed by atoms with E-state index in [4.69, 9.17) is 4.74 Å². The number of methoxy groups -OCH3 is 1. The zero-order valence-corrected chi connectivity index (χ0v) is 13.1. The fraction of sp³-hybridized carbons (Fsp3) is 0.176. The lowest BCUT2D eigenvalue weighted by Gasteiger charge is -2.12. The summed E-state index contributed by atoms with van der Waals surface area (Å²) in [5, 5.41) is 0. The molecular formula is C17H18O3S. The lowest BCUT2D eigenvalue weighted by Crippen LogP contribution is -2.06. The van der Waals surface area contributed by atoms with Crippen molar-refractivity contribution in [3.05, 3.63) is 70.6 Å². The maximum absolute atomic E-state index is 12.7. The van der Waals surface area contributed by atoms with Crippen molar-refractivity contribution < 1.29 is 13.2 Å². The maximum Gasteiger partial charge on any atom is 0.206 e. The highest BCUT2D eigenvalue weighted by atomic mass is 32.2. The fourth-order valence-corrected chi connectivity index (χ4v) is 3.36. The van der Waals surface area contributed by atoms with Crippen molar-refractivity contribution in [3.63, 3.8) is 0 Å². The molecular weight excluding hydrogens is 284 g/mol. The van der Waals surface area contributed by atoms with Gasteiger partial charge in [-0.25, -0.2) is 8.42 Å². The molecule has 2 aromatic rings. The Kier molecular flexibility index (Phi) is 4.48. The number of benzene rings is 2. The normalized spacial score (nSPS) is 12.7. The van der Waals surface area contributed by atoms with Crippen molar-refractivity contribution >= 4 is 15.6 Å². The smallest absolute Gasteiger partial charge is 0.206 e. The van der Waals surface area contributed by atoms with Gasteiger partial charge < -0.3 is 4.74 Å². The van der Waals surface area contributed by atoms with Gasteiger partial charge >= 0.3 is 0 Å². The third-order valence-electron chi connectivity index (χ3n) is 3.29. The molecule has 0 unspecified atom stereocenters. The van der Waals surface area contributed by atoms with Crippen molar-refractivity contribution in [3.8, 4) is 0 Å². The molecule has 0 heterocycles. The van der Waals surface area contributed by atoms with E-state index in [0.717, 1.165) is 11.1 Å². The Balaban J connectivity index is 2.56. The number of rotatable bonds is 4. The summed E-state index contributed by atoms with van der Waals surface area (Å²) in [6, 6.07) is 16.0. The molecule has 0 saturated carbocycles. The van der Waals surface area contributed by atoms with Crippen molar-refractivity contribution in [1.29, 1.82) is 0 Å². The van der Waals surface area contributed by atoms with E-state index in [0.29, 0.717) is 5.76 Å². The third-order valence-corrected chi connectivity index (χ3v) is 5.18. The summed E-state index contributed by atoms with van der Waals surface area (Å²) < 4.78 is 30.7. The summed E-state index contributed by atoms with van der Waals surface area (Å²) in [7, 11) is -2.08. The summed E-state index contributed by atoms with van der Waals surface area (Å²) in [6.45, 7) is 3.49. The van der Waals surface area contributed by atoms with Crippen molar-refractivity contribution in [2.45, 2.75) is 18.7 Å². The van der Waals surface area contributed by atoms with Gasteiger partial charge in [0, 0.05) is 5.56 Å². The number of allylic oxidation sites excluding steroid dienone is 1. The Bertz CT molecular complexity index is 742. The minimum absolute atomic E-state index is 0.208. The molecule has 0 atom stereocenters. The van der Waals surface area contributed by atoms with E-state index in [1.807, 2.05) is 37.3 Å². The maximum atomic E-state index is 12.7. The van der Waals surface area contributed by atoms with Crippen LogP contribution in [0.4, 0.5) is 0 Å². The predicted molar refractivity (Wildman–Crippen MR) is 84.4 cm³/mol. The highest BCUT2D eigenvalue weighted by Crippen LogP contribution is 2.27. The van der Waals surface area contributed by atoms with Crippen LogP contribution in [0.3, 0.4) is 0 Å². The Labute approximate surface area is 125 Å². The SMILES string of the molecule is CO/C(=C(\C)S(=O)(=O)c1ccc(C)cc1)c1ccccc1. The summed E-state index contributed by atoms with van der Waals surface area (Å²) in [5.74, 6) is 0.371. The van der Waals surface area contributed by atoms with Crippen LogP contribution in [0.5, 0.6) is 0 Å². The Morgan fingerprint density at radius 1 is 0.952 bits per heavy atom. The first-order valence-corrected chi connectivity index (χ1v) is 8.07. The molecule has 3 nitrogen and oxygen atoms in total. The second-order valence-electron chi connectivity index (χ2n) is 4.77. The number of hydrogen-bond donors (Lipinski definition) is 0. The molecule has 0 aromatic heterocycles. The average molecular weight is 302 g/mol. The fourth-order valence-electron chi connectivity index (χ4n) is 2.07. The minimum atomic E-state index is -3.56. The van der Waals surface area contributed by atoms with Gasteiger partial charge in [-0.15, -0.1) is 0 Å². The van der Waals surface area contributed by atoms with Crippen LogP contribution in [0.25, 0.3) is 5.76 Å². The summed E-state index contributed by atoms with van der Waals surface area (Å²) in [6.07, 6.45) is 0. The second kappa shape index (κ2) is 6.14. The first-order chi connectivity index (χ1) is 9.96. The van der Waals surface area contributed by atoms with E-state index in [1.54, 1.807) is 31.2 Å². The van der Waals surface area contributed by atoms with E-state index in [9.17, 15) is 8.42 Å². The van der Waals surface area contributed by atoms with Crippen LogP contribution in [0, 0.1) is 6.92 Å². The molecule has 21 heavy (non-hydrogen) atoms. The molecule has 0 fully saturated rings. The lowest BCUT2D eigenvalue weighted by molar-refractivity contribution is 0.368. The Morgan fingerprint density at radius 2 is 1.52 bits per heavy atom. The molecule has 0 radical (unpaired) electrons. The van der Waals surface area contributed by atoms with Crippen molar-refractivity contribution in [2.24, 2.45) is 0 Å². The molecule has 0 amide bonds. The molecule has 0 bridgehead atoms. The highest BCUT2D eigenvalue weighted by molar-refractivity contribution is 7.95. The number of sulfone groups is 1. The molecule has 0 aliphatic heterocycles. The molecule has 0 spiro atoms. The van der Waals surface area contributed by atoms with Gasteiger partial charge in [-0.1, -0.05) is 48.0 Å². The first kappa shape index (κ1) is 15.3. The number of aryl methyl sites for hydroxylation is 1. The van der Waals surface area contributed by atoms with E-state index >= 15 is 0 Å². The number of hydrogen-bond acceptors (Lipinski definition) is 3. The van der Waals surface area contributed by atoms with Gasteiger partial charge in [-0.05, 0) is 26.0 Å². The van der Waals surface area contributed by atoms with Crippen molar-refractivity contribution in [1.82, 2.24) is 0 Å². The molecule has 0 aliphatic rings. The van der Waals surface area contributed by atoms with Crippen LogP contribution >= 0.6 is 0 Å². The number of ether oxygens (including phenoxy) is 1. The van der Waals surface area contributed by atoms with Gasteiger partial charge in [0.2, 0.25) is 9.84 Å². The summed E-state index contributed by atoms with van der Waals surface area (Å²) in [4.78, 5) is 0.483. The Hall–Kier alpha value is -2.07. The Morgan fingerprint density at radius 3 is 2.05 bits per heavy atom. The van der Waals surface area contributed by atoms with Gasteiger partial charge in [0.1, 0.15) is 5.76 Å². The molecule has 4 heteroatoms. The van der Waals surface area contributed by atoms with Crippen LogP contribution in [0.2, 0.25) is 0 Å². The molecule has 2 rings (SSSR count). The summed E-state index contributed by atoms with van der Waals surface area (Å²) >= 11 is 0. The quantitative estimate of drug-likeness (QED) is 0.807. The van der Waals surface area contributed by atoms with Gasteiger partial charge in [0.15, 0.2) is 0 Å². The van der Waals surface area contributed by atoms with Gasteiger partial charge in [-0.2, -0.15) is 0 Å². The van der Waals surface area contributed by atoms with Crippen LogP contribution in [0.1, 0.15) is 18.1 Å². The van der Waals surface area contributed by atoms with Crippen LogP contribution < -0.4 is 0 Å². The van der Waals surface area contributed by atoms with E-state index in [1.165, 1.54) is 7.11 Å². The minimum Gasteiger partial charge on any atom is -0.495 e. The second-order valence-corrected chi connectivity index (χ2v) is 6.86. The van der Waals surface area contributed by atoms with Crippen LogP contribution in [0.15, 0.2) is 64.4 Å². The molecule has 110 valence electrons. The largest absolute Gasteiger partial charge is 0.495 e. The van der Waals surface area contributed by atoms with Gasteiger partial charge in [0.25, 0.3) is 0 Å². The highest BCUT2D eigenvalue weighted by Gasteiger charge is 2.22. The molecule has 0 aliphatic carbocycles. The van der Waals surface area contributed by atoms with Crippen LogP contribution in [-0.4, -0.2) is 15.5 Å². The zero-order valence-electron chi connectivity index (χ0n) is 12.3. The predicted octanol–water partition coefficient (Wildman–Crippen LogP) is 3.80. The molecule has 2 aromatic carbocycles. The topological polar surface area (TPSA) is 43.4 Å². The molecule has 0 N–H and O–H groups in total. The molecule has 0 saturated heterocycles. The summed E-state index contributed by atoms with van der Waals surface area (Å²) in [5.41, 5.74) is 1.76. The van der Waals surface area contributed by atoms with Crippen LogP contribution in [-0.2, 0) is 14.6 Å².